The molecule has 1 nitrogen and oxygen atoms in total. The second-order valence-corrected chi connectivity index (χ2v) is 5.16. The SMILES string of the molecule is Cc1cc(C)c(CC=CO)c(-c2ccc(F)c(C)c2)c1. The molecule has 1 N–H and O–H groups in total. The molecule has 104 valence electrons. The molecule has 0 aliphatic carbocycles. The van der Waals surface area contributed by atoms with Crippen LogP contribution in [0.3, 0.4) is 0 Å². The number of allylic oxidation sites excluding steroid dienone is 1. The average Bonchev–Trinajstić information content (AvgIpc) is 2.40. The third kappa shape index (κ3) is 2.90. The first-order valence-corrected chi connectivity index (χ1v) is 6.69. The van der Waals surface area contributed by atoms with Crippen LogP contribution in [-0.2, 0) is 6.42 Å². The predicted octanol–water partition coefficient (Wildman–Crippen LogP) is 5.03. The fourth-order valence-corrected chi connectivity index (χ4v) is 2.51. The lowest BCUT2D eigenvalue weighted by molar-refractivity contribution is 0.471. The Morgan fingerprint density at radius 1 is 1.05 bits per heavy atom. The third-order valence-electron chi connectivity index (χ3n) is 3.51. The zero-order chi connectivity index (χ0) is 14.7. The van der Waals surface area contributed by atoms with Gasteiger partial charge in [0.2, 0.25) is 0 Å². The normalized spacial score (nSPS) is 11.2. The van der Waals surface area contributed by atoms with Crippen molar-refractivity contribution in [3.05, 3.63) is 70.7 Å². The second kappa shape index (κ2) is 5.91. The molecule has 0 fully saturated rings. The Balaban J connectivity index is 2.61. The molecule has 0 spiro atoms. The summed E-state index contributed by atoms with van der Waals surface area (Å²) in [5, 5.41) is 8.88. The van der Waals surface area contributed by atoms with Gasteiger partial charge in [-0.05, 0) is 73.2 Å². The first kappa shape index (κ1) is 14.3. The molecule has 2 heteroatoms. The summed E-state index contributed by atoms with van der Waals surface area (Å²) in [6, 6.07) is 9.42. The first-order chi connectivity index (χ1) is 9.52. The Bertz CT molecular complexity index is 657. The van der Waals surface area contributed by atoms with E-state index in [1.54, 1.807) is 13.0 Å². The molecular weight excluding hydrogens is 251 g/mol. The van der Waals surface area contributed by atoms with Crippen LogP contribution in [0.5, 0.6) is 0 Å². The van der Waals surface area contributed by atoms with Crippen LogP contribution in [0.2, 0.25) is 0 Å². The molecular formula is C18H19FO. The molecule has 0 aliphatic rings. The molecule has 0 aromatic heterocycles. The molecule has 0 radical (unpaired) electrons. The van der Waals surface area contributed by atoms with E-state index in [-0.39, 0.29) is 5.82 Å². The zero-order valence-electron chi connectivity index (χ0n) is 12.1. The highest BCUT2D eigenvalue weighted by Gasteiger charge is 2.09. The molecule has 2 rings (SSSR count). The van der Waals surface area contributed by atoms with Crippen molar-refractivity contribution >= 4 is 0 Å². The van der Waals surface area contributed by atoms with Gasteiger partial charge in [0.15, 0.2) is 0 Å². The van der Waals surface area contributed by atoms with Gasteiger partial charge in [-0.3, -0.25) is 0 Å². The Morgan fingerprint density at radius 2 is 1.80 bits per heavy atom. The van der Waals surface area contributed by atoms with Gasteiger partial charge < -0.3 is 5.11 Å². The van der Waals surface area contributed by atoms with E-state index in [1.165, 1.54) is 17.2 Å². The maximum absolute atomic E-state index is 13.4. The average molecular weight is 270 g/mol. The molecule has 0 atom stereocenters. The minimum Gasteiger partial charge on any atom is -0.516 e. The van der Waals surface area contributed by atoms with Crippen molar-refractivity contribution in [1.29, 1.82) is 0 Å². The van der Waals surface area contributed by atoms with Crippen LogP contribution in [0, 0.1) is 26.6 Å². The van der Waals surface area contributed by atoms with E-state index in [9.17, 15) is 4.39 Å². The van der Waals surface area contributed by atoms with Crippen LogP contribution in [0.1, 0.15) is 22.3 Å². The maximum atomic E-state index is 13.4. The van der Waals surface area contributed by atoms with E-state index in [0.717, 1.165) is 23.0 Å². The molecule has 2 aromatic carbocycles. The van der Waals surface area contributed by atoms with Crippen LogP contribution >= 0.6 is 0 Å². The van der Waals surface area contributed by atoms with Gasteiger partial charge in [-0.1, -0.05) is 23.8 Å². The first-order valence-electron chi connectivity index (χ1n) is 6.69. The number of benzene rings is 2. The summed E-state index contributed by atoms with van der Waals surface area (Å²) in [6.45, 7) is 5.89. The van der Waals surface area contributed by atoms with Crippen LogP contribution in [-0.4, -0.2) is 5.11 Å². The van der Waals surface area contributed by atoms with Gasteiger partial charge >= 0.3 is 0 Å². The smallest absolute Gasteiger partial charge is 0.126 e. The van der Waals surface area contributed by atoms with Crippen molar-refractivity contribution < 1.29 is 9.50 Å². The van der Waals surface area contributed by atoms with E-state index in [0.29, 0.717) is 12.0 Å². The molecule has 0 bridgehead atoms. The second-order valence-electron chi connectivity index (χ2n) is 5.16. The molecule has 0 amide bonds. The van der Waals surface area contributed by atoms with Crippen molar-refractivity contribution in [3.8, 4) is 11.1 Å². The minimum absolute atomic E-state index is 0.185. The number of hydrogen-bond donors (Lipinski definition) is 1. The summed E-state index contributed by atoms with van der Waals surface area (Å²) in [7, 11) is 0. The van der Waals surface area contributed by atoms with E-state index in [2.05, 4.69) is 26.0 Å². The molecule has 20 heavy (non-hydrogen) atoms. The monoisotopic (exact) mass is 270 g/mol. The topological polar surface area (TPSA) is 20.2 Å². The van der Waals surface area contributed by atoms with Crippen molar-refractivity contribution in [2.45, 2.75) is 27.2 Å². The quantitative estimate of drug-likeness (QED) is 0.775. The van der Waals surface area contributed by atoms with E-state index in [1.807, 2.05) is 12.1 Å². The Labute approximate surface area is 119 Å². The van der Waals surface area contributed by atoms with Gasteiger partial charge in [-0.15, -0.1) is 0 Å². The standard InChI is InChI=1S/C18H19FO/c1-12-9-13(2)16(5-4-8-20)17(10-12)15-6-7-18(19)14(3)11-15/h4,6-11,20H,5H2,1-3H3. The third-order valence-corrected chi connectivity index (χ3v) is 3.51. The summed E-state index contributed by atoms with van der Waals surface area (Å²) in [5.74, 6) is -0.185. The molecule has 0 saturated heterocycles. The summed E-state index contributed by atoms with van der Waals surface area (Å²) < 4.78 is 13.4. The van der Waals surface area contributed by atoms with E-state index < -0.39 is 0 Å². The van der Waals surface area contributed by atoms with Crippen molar-refractivity contribution in [1.82, 2.24) is 0 Å². The van der Waals surface area contributed by atoms with Gasteiger partial charge in [0, 0.05) is 0 Å². The predicted molar refractivity (Wildman–Crippen MR) is 81.5 cm³/mol. The van der Waals surface area contributed by atoms with Crippen LogP contribution in [0.15, 0.2) is 42.7 Å². The largest absolute Gasteiger partial charge is 0.516 e. The number of halogens is 1. The number of aryl methyl sites for hydroxylation is 3. The van der Waals surface area contributed by atoms with Gasteiger partial charge in [0.05, 0.1) is 6.26 Å². The molecule has 0 aliphatic heterocycles. The van der Waals surface area contributed by atoms with E-state index in [4.69, 9.17) is 5.11 Å². The molecule has 0 saturated carbocycles. The van der Waals surface area contributed by atoms with Crippen molar-refractivity contribution in [2.75, 3.05) is 0 Å². The number of aliphatic hydroxyl groups excluding tert-OH is 1. The molecule has 0 unspecified atom stereocenters. The summed E-state index contributed by atoms with van der Waals surface area (Å²) in [4.78, 5) is 0. The highest BCUT2D eigenvalue weighted by Crippen LogP contribution is 2.29. The molecule has 2 aromatic rings. The highest BCUT2D eigenvalue weighted by molar-refractivity contribution is 5.70. The van der Waals surface area contributed by atoms with Gasteiger partial charge in [0.1, 0.15) is 5.82 Å². The van der Waals surface area contributed by atoms with Crippen molar-refractivity contribution in [2.24, 2.45) is 0 Å². The lowest BCUT2D eigenvalue weighted by atomic mass is 9.91. The van der Waals surface area contributed by atoms with Crippen molar-refractivity contribution in [3.63, 3.8) is 0 Å². The Morgan fingerprint density at radius 3 is 2.45 bits per heavy atom. The number of aliphatic hydroxyl groups is 1. The Kier molecular flexibility index (Phi) is 4.23. The van der Waals surface area contributed by atoms with Crippen LogP contribution < -0.4 is 0 Å². The summed E-state index contributed by atoms with van der Waals surface area (Å²) >= 11 is 0. The van der Waals surface area contributed by atoms with E-state index >= 15 is 0 Å². The lowest BCUT2D eigenvalue weighted by Gasteiger charge is -2.14. The van der Waals surface area contributed by atoms with Gasteiger partial charge in [0.25, 0.3) is 0 Å². The van der Waals surface area contributed by atoms with Gasteiger partial charge in [-0.2, -0.15) is 0 Å². The maximum Gasteiger partial charge on any atom is 0.126 e. The van der Waals surface area contributed by atoms with Gasteiger partial charge in [-0.25, -0.2) is 4.39 Å². The lowest BCUT2D eigenvalue weighted by Crippen LogP contribution is -1.95. The molecule has 0 heterocycles. The van der Waals surface area contributed by atoms with Crippen LogP contribution in [0.4, 0.5) is 4.39 Å². The fourth-order valence-electron chi connectivity index (χ4n) is 2.51. The number of hydrogen-bond acceptors (Lipinski definition) is 1. The highest BCUT2D eigenvalue weighted by atomic mass is 19.1. The number of rotatable bonds is 3. The minimum atomic E-state index is -0.185. The zero-order valence-corrected chi connectivity index (χ0v) is 12.1. The van der Waals surface area contributed by atoms with Crippen LogP contribution in [0.25, 0.3) is 11.1 Å². The summed E-state index contributed by atoms with van der Waals surface area (Å²) in [6.07, 6.45) is 3.45. The fraction of sp³-hybridized carbons (Fsp3) is 0.222. The Hall–Kier alpha value is -2.09. The summed E-state index contributed by atoms with van der Waals surface area (Å²) in [5.41, 5.74) is 6.27.